The van der Waals surface area contributed by atoms with Crippen molar-refractivity contribution in [3.8, 4) is 0 Å². The Bertz CT molecular complexity index is 713. The number of unbranched alkanes of at least 4 members (excludes halogenated alkanes) is 1. The van der Waals surface area contributed by atoms with Crippen molar-refractivity contribution >= 4 is 29.3 Å². The van der Waals surface area contributed by atoms with E-state index >= 15 is 0 Å². The first-order chi connectivity index (χ1) is 12.1. The van der Waals surface area contributed by atoms with E-state index in [-0.39, 0.29) is 11.9 Å². The van der Waals surface area contributed by atoms with Gasteiger partial charge in [-0.25, -0.2) is 4.79 Å². The van der Waals surface area contributed by atoms with Crippen LogP contribution >= 0.6 is 11.8 Å². The van der Waals surface area contributed by atoms with Gasteiger partial charge in [-0.1, -0.05) is 31.5 Å². The Morgan fingerprint density at radius 2 is 1.84 bits per heavy atom. The van der Waals surface area contributed by atoms with Crippen LogP contribution in [0.15, 0.2) is 48.5 Å². The van der Waals surface area contributed by atoms with Crippen LogP contribution in [0.2, 0.25) is 0 Å². The second-order valence-corrected chi connectivity index (χ2v) is 6.52. The Morgan fingerprint density at radius 3 is 2.52 bits per heavy atom. The summed E-state index contributed by atoms with van der Waals surface area (Å²) in [6.45, 7) is 2.45. The normalized spacial score (nSPS) is 10.3. The van der Waals surface area contributed by atoms with Crippen molar-refractivity contribution in [2.75, 3.05) is 18.2 Å². The summed E-state index contributed by atoms with van der Waals surface area (Å²) in [7, 11) is 0. The van der Waals surface area contributed by atoms with E-state index in [9.17, 15) is 9.59 Å². The number of benzene rings is 2. The highest BCUT2D eigenvalue weighted by molar-refractivity contribution is 7.97. The molecular formula is C20H23NO3S. The van der Waals surface area contributed by atoms with Gasteiger partial charge in [0.2, 0.25) is 0 Å². The lowest BCUT2D eigenvalue weighted by molar-refractivity contribution is 0.0499. The lowest BCUT2D eigenvalue weighted by Gasteiger charge is -2.08. The molecule has 0 saturated heterocycles. The van der Waals surface area contributed by atoms with Gasteiger partial charge in [0.05, 0.1) is 12.2 Å². The fraction of sp³-hybridized carbons (Fsp3) is 0.300. The van der Waals surface area contributed by atoms with Gasteiger partial charge >= 0.3 is 5.97 Å². The van der Waals surface area contributed by atoms with Crippen molar-refractivity contribution < 1.29 is 14.3 Å². The number of nitrogens with one attached hydrogen (secondary N) is 1. The summed E-state index contributed by atoms with van der Waals surface area (Å²) in [6.07, 6.45) is 3.86. The highest BCUT2D eigenvalue weighted by Crippen LogP contribution is 2.15. The van der Waals surface area contributed by atoms with Crippen molar-refractivity contribution in [3.05, 3.63) is 65.2 Å². The maximum absolute atomic E-state index is 12.3. The Kier molecular flexibility index (Phi) is 7.54. The van der Waals surface area contributed by atoms with Gasteiger partial charge in [-0.2, -0.15) is 11.8 Å². The van der Waals surface area contributed by atoms with E-state index in [2.05, 4.69) is 5.32 Å². The third kappa shape index (κ3) is 5.94. The summed E-state index contributed by atoms with van der Waals surface area (Å²) >= 11 is 1.74. The Morgan fingerprint density at radius 1 is 1.08 bits per heavy atom. The number of ether oxygens (including phenoxy) is 1. The molecule has 1 N–H and O–H groups in total. The van der Waals surface area contributed by atoms with E-state index in [0.29, 0.717) is 23.4 Å². The number of hydrogen-bond acceptors (Lipinski definition) is 4. The highest BCUT2D eigenvalue weighted by atomic mass is 32.2. The van der Waals surface area contributed by atoms with Crippen LogP contribution in [0.1, 0.15) is 46.0 Å². The molecule has 0 saturated carbocycles. The Balaban J connectivity index is 2.00. The van der Waals surface area contributed by atoms with Crippen LogP contribution in [-0.4, -0.2) is 24.7 Å². The van der Waals surface area contributed by atoms with Crippen molar-refractivity contribution in [1.29, 1.82) is 0 Å². The first-order valence-electron chi connectivity index (χ1n) is 8.30. The highest BCUT2D eigenvalue weighted by Gasteiger charge is 2.10. The van der Waals surface area contributed by atoms with Crippen molar-refractivity contribution in [2.45, 2.75) is 25.5 Å². The monoisotopic (exact) mass is 357 g/mol. The molecule has 0 aliphatic rings. The van der Waals surface area contributed by atoms with E-state index in [1.807, 2.05) is 37.4 Å². The third-order valence-corrected chi connectivity index (χ3v) is 4.24. The van der Waals surface area contributed by atoms with Gasteiger partial charge < -0.3 is 10.1 Å². The Hall–Kier alpha value is -2.27. The summed E-state index contributed by atoms with van der Waals surface area (Å²) in [5.41, 5.74) is 2.77. The number of carbonyl (C=O) groups is 2. The number of esters is 1. The van der Waals surface area contributed by atoms with Crippen LogP contribution in [0, 0.1) is 0 Å². The molecule has 0 unspecified atom stereocenters. The zero-order valence-electron chi connectivity index (χ0n) is 14.6. The van der Waals surface area contributed by atoms with E-state index in [1.165, 1.54) is 5.56 Å². The standard InChI is InChI=1S/C20H23NO3S/c1-3-4-12-24-20(23)17-6-5-7-18(13-17)21-19(22)16-10-8-15(9-11-16)14-25-2/h5-11,13H,3-4,12,14H2,1-2H3,(H,21,22). The van der Waals surface area contributed by atoms with Gasteiger partial charge in [0, 0.05) is 17.0 Å². The smallest absolute Gasteiger partial charge is 0.338 e. The van der Waals surface area contributed by atoms with E-state index in [4.69, 9.17) is 4.74 Å². The average Bonchev–Trinajstić information content (AvgIpc) is 2.63. The van der Waals surface area contributed by atoms with Gasteiger partial charge in [-0.3, -0.25) is 4.79 Å². The summed E-state index contributed by atoms with van der Waals surface area (Å²) in [5.74, 6) is 0.350. The molecular weight excluding hydrogens is 334 g/mol. The quantitative estimate of drug-likeness (QED) is 0.547. The van der Waals surface area contributed by atoms with Gasteiger partial charge in [-0.15, -0.1) is 0 Å². The molecule has 25 heavy (non-hydrogen) atoms. The second kappa shape index (κ2) is 9.89. The number of rotatable bonds is 8. The van der Waals surface area contributed by atoms with Crippen LogP contribution in [0.25, 0.3) is 0 Å². The van der Waals surface area contributed by atoms with Gasteiger partial charge in [0.15, 0.2) is 0 Å². The fourth-order valence-corrected chi connectivity index (χ4v) is 2.76. The lowest BCUT2D eigenvalue weighted by atomic mass is 10.1. The largest absolute Gasteiger partial charge is 0.462 e. The lowest BCUT2D eigenvalue weighted by Crippen LogP contribution is -2.13. The first kappa shape index (κ1) is 19.1. The zero-order valence-corrected chi connectivity index (χ0v) is 15.4. The fourth-order valence-electron chi connectivity index (χ4n) is 2.24. The molecule has 2 aromatic carbocycles. The predicted octanol–water partition coefficient (Wildman–Crippen LogP) is 4.76. The van der Waals surface area contributed by atoms with E-state index < -0.39 is 0 Å². The molecule has 0 aromatic heterocycles. The molecule has 0 fully saturated rings. The number of carbonyl (C=O) groups excluding carboxylic acids is 2. The molecule has 0 bridgehead atoms. The third-order valence-electron chi connectivity index (χ3n) is 3.61. The number of anilines is 1. The molecule has 0 atom stereocenters. The topological polar surface area (TPSA) is 55.4 Å². The summed E-state index contributed by atoms with van der Waals surface area (Å²) in [4.78, 5) is 24.3. The summed E-state index contributed by atoms with van der Waals surface area (Å²) in [5, 5.41) is 2.82. The van der Waals surface area contributed by atoms with Gasteiger partial charge in [0.25, 0.3) is 5.91 Å². The van der Waals surface area contributed by atoms with Crippen molar-refractivity contribution in [2.24, 2.45) is 0 Å². The van der Waals surface area contributed by atoms with Crippen LogP contribution in [0.3, 0.4) is 0 Å². The average molecular weight is 357 g/mol. The molecule has 2 rings (SSSR count). The van der Waals surface area contributed by atoms with Crippen LogP contribution < -0.4 is 5.32 Å². The van der Waals surface area contributed by atoms with Crippen LogP contribution in [-0.2, 0) is 10.5 Å². The first-order valence-corrected chi connectivity index (χ1v) is 9.70. The molecule has 132 valence electrons. The van der Waals surface area contributed by atoms with E-state index in [1.54, 1.807) is 36.0 Å². The molecule has 4 nitrogen and oxygen atoms in total. The van der Waals surface area contributed by atoms with Crippen LogP contribution in [0.5, 0.6) is 0 Å². The minimum Gasteiger partial charge on any atom is -0.462 e. The van der Waals surface area contributed by atoms with Gasteiger partial charge in [0.1, 0.15) is 0 Å². The minimum absolute atomic E-state index is 0.202. The molecule has 0 spiro atoms. The maximum Gasteiger partial charge on any atom is 0.338 e. The van der Waals surface area contributed by atoms with Crippen LogP contribution in [0.4, 0.5) is 5.69 Å². The molecule has 5 heteroatoms. The molecule has 0 radical (unpaired) electrons. The number of hydrogen-bond donors (Lipinski definition) is 1. The van der Waals surface area contributed by atoms with Gasteiger partial charge in [-0.05, 0) is 48.6 Å². The van der Waals surface area contributed by atoms with Crippen molar-refractivity contribution in [1.82, 2.24) is 0 Å². The summed E-state index contributed by atoms with van der Waals surface area (Å²) in [6, 6.07) is 14.3. The van der Waals surface area contributed by atoms with E-state index in [0.717, 1.165) is 18.6 Å². The summed E-state index contributed by atoms with van der Waals surface area (Å²) < 4.78 is 5.20. The predicted molar refractivity (Wildman–Crippen MR) is 103 cm³/mol. The van der Waals surface area contributed by atoms with Crippen molar-refractivity contribution in [3.63, 3.8) is 0 Å². The molecule has 0 aliphatic heterocycles. The number of amides is 1. The number of thioether (sulfide) groups is 1. The second-order valence-electron chi connectivity index (χ2n) is 5.65. The molecule has 0 aliphatic carbocycles. The molecule has 2 aromatic rings. The molecule has 0 heterocycles. The minimum atomic E-state index is -0.369. The SMILES string of the molecule is CCCCOC(=O)c1cccc(NC(=O)c2ccc(CSC)cc2)c1. The molecule has 1 amide bonds. The maximum atomic E-state index is 12.3. The Labute approximate surface area is 153 Å². The zero-order chi connectivity index (χ0) is 18.1.